The molecule has 0 aliphatic heterocycles. The van der Waals surface area contributed by atoms with Crippen LogP contribution in [0.1, 0.15) is 0 Å². The Morgan fingerprint density at radius 2 is 0.857 bits per heavy atom. The molecule has 0 aliphatic carbocycles. The highest BCUT2D eigenvalue weighted by Gasteiger charge is 2.21. The van der Waals surface area contributed by atoms with E-state index in [-0.39, 0.29) is 15.6 Å². The first-order chi connectivity index (χ1) is 1.73. The highest BCUT2D eigenvalue weighted by atomic mass is 27.3. The molecule has 3 N–H and O–H groups in total. The largest absolute Gasteiger partial charge is 1.04 e. The minimum absolute atomic E-state index is 0. The lowest BCUT2D eigenvalue weighted by Gasteiger charge is -1.52. The van der Waals surface area contributed by atoms with Gasteiger partial charge in [0.1, 0.15) is 0 Å². The summed E-state index contributed by atoms with van der Waals surface area (Å²) in [5.41, 5.74) is 0. The molecule has 0 aromatic carbocycles. The molecule has 0 aromatic rings. The van der Waals surface area contributed by atoms with Crippen molar-refractivity contribution in [2.75, 3.05) is 0 Å². The molecule has 1 nitrogen and oxygen atoms in total. The van der Waals surface area contributed by atoms with Gasteiger partial charge in [0.15, 0.2) is 0 Å². The van der Waals surface area contributed by atoms with E-state index in [9.17, 15) is 10.6 Å². The van der Waals surface area contributed by atoms with E-state index in [2.05, 4.69) is 0 Å². The molecule has 7 heavy (non-hydrogen) atoms. The number of halogens is 5. The summed E-state index contributed by atoms with van der Waals surface area (Å²) < 4.78 is 29.4. The molecule has 0 saturated carbocycles. The Labute approximate surface area is 42.6 Å². The standard InChI is InChI=1S/Al.5FH.H3N/h;5*1H;1H3/q+3;;;;;;/p-3. The van der Waals surface area contributed by atoms with E-state index in [0.29, 0.717) is 0 Å². The molecule has 0 rings (SSSR count). The third-order valence-electron chi connectivity index (χ3n) is 0. The number of hydrogen-bond acceptors (Lipinski definition) is 1. The molecule has 0 bridgehead atoms. The second-order valence-corrected chi connectivity index (χ2v) is 0.742. The second-order valence-electron chi connectivity index (χ2n) is 0.247. The number of rotatable bonds is 0. The summed E-state index contributed by atoms with van der Waals surface area (Å²) in [7, 11) is 0. The molecule has 0 atom stereocenters. The van der Waals surface area contributed by atoms with Gasteiger partial charge in [-0.2, -0.15) is 0 Å². The molecule has 0 amide bonds. The highest BCUT2D eigenvalue weighted by Crippen LogP contribution is 1.80. The first-order valence-corrected chi connectivity index (χ1v) is 1.96. The van der Waals surface area contributed by atoms with Crippen molar-refractivity contribution in [2.45, 2.75) is 0 Å². The molecular weight excluding hydrogens is 136 g/mol. The van der Waals surface area contributed by atoms with Crippen LogP contribution >= 0.6 is 0 Å². The number of hydrogen-bond donors (Lipinski definition) is 1. The molecule has 0 heterocycles. The van der Waals surface area contributed by atoms with Gasteiger partial charge in [0.2, 0.25) is 0 Å². The maximum Gasteiger partial charge on any atom is 1.04 e. The summed E-state index contributed by atoms with van der Waals surface area (Å²) in [5, 5.41) is 0. The molecule has 0 radical (unpaired) electrons. The van der Waals surface area contributed by atoms with Gasteiger partial charge in [-0.15, -0.1) is 0 Å². The van der Waals surface area contributed by atoms with Crippen LogP contribution in [0.4, 0.5) is 20.0 Å². The summed E-state index contributed by atoms with van der Waals surface area (Å²) >= 11 is -4.64. The molecule has 0 fully saturated rings. The van der Waals surface area contributed by atoms with Crippen molar-refractivity contribution in [2.24, 2.45) is 0 Å². The van der Waals surface area contributed by atoms with E-state index in [1.54, 1.807) is 0 Å². The van der Waals surface area contributed by atoms with Gasteiger partial charge in [-0.25, -0.2) is 0 Å². The summed E-state index contributed by atoms with van der Waals surface area (Å²) in [6.07, 6.45) is 0. The van der Waals surface area contributed by atoms with Crippen molar-refractivity contribution in [3.05, 3.63) is 0 Å². The predicted molar refractivity (Wildman–Crippen MR) is 19.1 cm³/mol. The van der Waals surface area contributed by atoms with Crippen LogP contribution in [0.25, 0.3) is 0 Å². The monoisotopic (exact) mass is 141 g/mol. The van der Waals surface area contributed by atoms with Crippen molar-refractivity contribution in [3.8, 4) is 0 Å². The minimum Gasteiger partial charge on any atom is -0.346 e. The van der Waals surface area contributed by atoms with Crippen molar-refractivity contribution in [1.29, 1.82) is 0 Å². The molecule has 0 spiro atoms. The molecule has 0 saturated heterocycles. The lowest BCUT2D eigenvalue weighted by atomic mass is 14.0. The van der Waals surface area contributed by atoms with Crippen LogP contribution in [0, 0.1) is 0 Å². The third kappa shape index (κ3) is 5190. The van der Waals surface area contributed by atoms with E-state index in [4.69, 9.17) is 0 Å². The van der Waals surface area contributed by atoms with E-state index in [1.165, 1.54) is 0 Å². The van der Waals surface area contributed by atoms with Gasteiger partial charge < -0.3 is 16.7 Å². The van der Waals surface area contributed by atoms with Crippen LogP contribution in [0.5, 0.6) is 0 Å². The summed E-state index contributed by atoms with van der Waals surface area (Å²) in [6, 6.07) is 0. The first kappa shape index (κ1) is 27.3. The molecule has 0 aliphatic rings. The zero-order chi connectivity index (χ0) is 3.58. The Hall–Kier alpha value is 0.142. The average molecular weight is 141 g/mol. The lowest BCUT2D eigenvalue weighted by molar-refractivity contribution is 0.535. The average Bonchev–Trinajstić information content (AvgIpc) is 0.811. The summed E-state index contributed by atoms with van der Waals surface area (Å²) in [5.74, 6) is 0. The summed E-state index contributed by atoms with van der Waals surface area (Å²) in [4.78, 5) is 0. The van der Waals surface area contributed by atoms with Gasteiger partial charge >= 0.3 is 15.5 Å². The normalized spacial score (nSPS) is 3.86. The van der Waals surface area contributed by atoms with Crippen LogP contribution in [-0.4, -0.2) is 15.5 Å². The van der Waals surface area contributed by atoms with Gasteiger partial charge in [-0.05, 0) is 0 Å². The maximum absolute atomic E-state index is 9.81. The van der Waals surface area contributed by atoms with Gasteiger partial charge in [0.05, 0.1) is 0 Å². The first-order valence-electron chi connectivity index (χ1n) is 0.655. The molecule has 48 valence electrons. The predicted octanol–water partition coefficient (Wildman–Crippen LogP) is 1.35. The Kier molecular flexibility index (Phi) is 64.1. The van der Waals surface area contributed by atoms with Crippen LogP contribution in [0.15, 0.2) is 0 Å². The third-order valence-corrected chi connectivity index (χ3v) is 0. The molecule has 7 heteroatoms. The van der Waals surface area contributed by atoms with Gasteiger partial charge in [-0.3, -0.25) is 9.41 Å². The van der Waals surface area contributed by atoms with Crippen LogP contribution in [0.3, 0.4) is 0 Å². The van der Waals surface area contributed by atoms with E-state index in [1.807, 2.05) is 0 Å². The fraction of sp³-hybridized carbons (Fsp3) is 0. The fourth-order valence-corrected chi connectivity index (χ4v) is 0. The molecular formula is H5AlF5N. The van der Waals surface area contributed by atoms with Crippen LogP contribution in [0.2, 0.25) is 0 Å². The maximum atomic E-state index is 9.81. The molecule has 0 aromatic heterocycles. The Morgan fingerprint density at radius 3 is 0.857 bits per heavy atom. The lowest BCUT2D eigenvalue weighted by Crippen LogP contribution is -1.76. The summed E-state index contributed by atoms with van der Waals surface area (Å²) in [6.45, 7) is 0. The Balaban J connectivity index is -0.0000000150. The Bertz CT molecular complexity index is 12.8. The van der Waals surface area contributed by atoms with E-state index < -0.39 is 15.5 Å². The second kappa shape index (κ2) is 16.4. The van der Waals surface area contributed by atoms with Crippen LogP contribution in [-0.2, 0) is 0 Å². The molecule has 0 unspecified atom stereocenters. The van der Waals surface area contributed by atoms with Gasteiger partial charge in [-0.1, -0.05) is 0 Å². The smallest absolute Gasteiger partial charge is 0.346 e. The van der Waals surface area contributed by atoms with Crippen molar-refractivity contribution >= 4 is 15.5 Å². The zero-order valence-corrected chi connectivity index (χ0v) is 4.39. The fourth-order valence-electron chi connectivity index (χ4n) is 0. The van der Waals surface area contributed by atoms with Gasteiger partial charge in [0, 0.05) is 0 Å². The topological polar surface area (TPSA) is 35.0 Å². The SMILES string of the molecule is F.F.N.[F][Al]([F])[F]. The van der Waals surface area contributed by atoms with Crippen molar-refractivity contribution in [1.82, 2.24) is 6.15 Å². The van der Waals surface area contributed by atoms with E-state index >= 15 is 0 Å². The van der Waals surface area contributed by atoms with E-state index in [0.717, 1.165) is 0 Å². The van der Waals surface area contributed by atoms with Crippen LogP contribution < -0.4 is 6.15 Å². The minimum atomic E-state index is -4.64. The van der Waals surface area contributed by atoms with Gasteiger partial charge in [0.25, 0.3) is 0 Å². The van der Waals surface area contributed by atoms with Crippen molar-refractivity contribution in [3.63, 3.8) is 0 Å². The quantitative estimate of drug-likeness (QED) is 0.401. The highest BCUT2D eigenvalue weighted by molar-refractivity contribution is 6.33. The Morgan fingerprint density at radius 1 is 0.857 bits per heavy atom. The zero-order valence-electron chi connectivity index (χ0n) is 3.23. The van der Waals surface area contributed by atoms with Crippen molar-refractivity contribution < 1.29 is 20.0 Å².